The summed E-state index contributed by atoms with van der Waals surface area (Å²) in [4.78, 5) is 0. The van der Waals surface area contributed by atoms with Crippen LogP contribution in [0.5, 0.6) is 0 Å². The largest absolute Gasteiger partial charge is 0.394 e. The Bertz CT molecular complexity index is 328. The number of aliphatic hydroxyl groups is 1. The second kappa shape index (κ2) is 3.91. The molecule has 0 radical (unpaired) electrons. The number of hydrogen-bond acceptors (Lipinski definition) is 2. The number of benzene rings is 1. The zero-order valence-corrected chi connectivity index (χ0v) is 8.87. The van der Waals surface area contributed by atoms with Gasteiger partial charge in [-0.3, -0.25) is 0 Å². The maximum atomic E-state index is 9.07. The van der Waals surface area contributed by atoms with Crippen molar-refractivity contribution in [2.24, 2.45) is 0 Å². The number of aliphatic hydroxyl groups excluding tert-OH is 1. The standard InChI is InChI=1S/C10H10BrNO/c1-10(6-12,7-13)8-2-4-9(11)5-3-8/h2-5,13H,7H2,1H3. The van der Waals surface area contributed by atoms with Gasteiger partial charge in [0.05, 0.1) is 12.7 Å². The van der Waals surface area contributed by atoms with Gasteiger partial charge in [0.1, 0.15) is 5.41 Å². The van der Waals surface area contributed by atoms with Crippen LogP contribution >= 0.6 is 15.9 Å². The molecule has 0 spiro atoms. The molecule has 1 N–H and O–H groups in total. The van der Waals surface area contributed by atoms with E-state index in [0.717, 1.165) is 10.0 Å². The van der Waals surface area contributed by atoms with Crippen LogP contribution in [0.25, 0.3) is 0 Å². The second-order valence-electron chi connectivity index (χ2n) is 3.11. The number of halogens is 1. The zero-order valence-electron chi connectivity index (χ0n) is 7.29. The first-order valence-electron chi connectivity index (χ1n) is 3.90. The third-order valence-corrected chi connectivity index (χ3v) is 2.57. The van der Waals surface area contributed by atoms with Gasteiger partial charge >= 0.3 is 0 Å². The second-order valence-corrected chi connectivity index (χ2v) is 4.02. The molecule has 0 aliphatic rings. The molecule has 1 aromatic rings. The number of hydrogen-bond donors (Lipinski definition) is 1. The van der Waals surface area contributed by atoms with Gasteiger partial charge in [-0.25, -0.2) is 0 Å². The molecule has 0 aliphatic heterocycles. The molecule has 3 heteroatoms. The van der Waals surface area contributed by atoms with E-state index in [-0.39, 0.29) is 6.61 Å². The molecule has 0 bridgehead atoms. The molecule has 0 fully saturated rings. The van der Waals surface area contributed by atoms with E-state index in [4.69, 9.17) is 10.4 Å². The summed E-state index contributed by atoms with van der Waals surface area (Å²) in [5.74, 6) is 0. The van der Waals surface area contributed by atoms with Crippen molar-refractivity contribution in [2.75, 3.05) is 6.61 Å². The highest BCUT2D eigenvalue weighted by Gasteiger charge is 2.24. The molecule has 0 saturated carbocycles. The van der Waals surface area contributed by atoms with Gasteiger partial charge < -0.3 is 5.11 Å². The van der Waals surface area contributed by atoms with Crippen molar-refractivity contribution in [2.45, 2.75) is 12.3 Å². The van der Waals surface area contributed by atoms with Crippen LogP contribution in [0, 0.1) is 11.3 Å². The summed E-state index contributed by atoms with van der Waals surface area (Å²) in [5.41, 5.74) is 0.0430. The van der Waals surface area contributed by atoms with Gasteiger partial charge in [-0.2, -0.15) is 5.26 Å². The molecule has 13 heavy (non-hydrogen) atoms. The first-order valence-corrected chi connectivity index (χ1v) is 4.70. The van der Waals surface area contributed by atoms with Crippen LogP contribution in [0.15, 0.2) is 28.7 Å². The van der Waals surface area contributed by atoms with Crippen molar-refractivity contribution in [1.82, 2.24) is 0 Å². The lowest BCUT2D eigenvalue weighted by molar-refractivity contribution is 0.240. The summed E-state index contributed by atoms with van der Waals surface area (Å²) in [5, 5.41) is 18.0. The van der Waals surface area contributed by atoms with E-state index < -0.39 is 5.41 Å². The molecule has 68 valence electrons. The van der Waals surface area contributed by atoms with Gasteiger partial charge in [0.25, 0.3) is 0 Å². The minimum Gasteiger partial charge on any atom is -0.394 e. The molecule has 0 amide bonds. The van der Waals surface area contributed by atoms with E-state index in [2.05, 4.69) is 22.0 Å². The molecule has 2 nitrogen and oxygen atoms in total. The van der Waals surface area contributed by atoms with Crippen molar-refractivity contribution in [1.29, 1.82) is 5.26 Å². The van der Waals surface area contributed by atoms with E-state index >= 15 is 0 Å². The minimum atomic E-state index is -0.791. The average molecular weight is 240 g/mol. The quantitative estimate of drug-likeness (QED) is 0.861. The van der Waals surface area contributed by atoms with Crippen LogP contribution < -0.4 is 0 Å². The van der Waals surface area contributed by atoms with Crippen LogP contribution in [0.1, 0.15) is 12.5 Å². The molecule has 0 aromatic heterocycles. The van der Waals surface area contributed by atoms with E-state index in [1.807, 2.05) is 24.3 Å². The summed E-state index contributed by atoms with van der Waals surface area (Å²) in [7, 11) is 0. The molecule has 1 atom stereocenters. The number of nitriles is 1. The maximum Gasteiger partial charge on any atom is 0.102 e. The highest BCUT2D eigenvalue weighted by atomic mass is 79.9. The Hall–Kier alpha value is -0.850. The third kappa shape index (κ3) is 2.09. The van der Waals surface area contributed by atoms with Crippen LogP contribution in [0.2, 0.25) is 0 Å². The first-order chi connectivity index (χ1) is 6.12. The Balaban J connectivity index is 3.08. The predicted molar refractivity (Wildman–Crippen MR) is 54.2 cm³/mol. The van der Waals surface area contributed by atoms with Gasteiger partial charge in [0.2, 0.25) is 0 Å². The Kier molecular flexibility index (Phi) is 3.07. The smallest absolute Gasteiger partial charge is 0.102 e. The van der Waals surface area contributed by atoms with E-state index in [1.165, 1.54) is 0 Å². The van der Waals surface area contributed by atoms with Crippen molar-refractivity contribution in [3.63, 3.8) is 0 Å². The molecule has 1 rings (SSSR count). The Morgan fingerprint density at radius 2 is 2.00 bits per heavy atom. The fraction of sp³-hybridized carbons (Fsp3) is 0.300. The molecule has 1 unspecified atom stereocenters. The normalized spacial score (nSPS) is 14.6. The van der Waals surface area contributed by atoms with Gasteiger partial charge in [-0.1, -0.05) is 28.1 Å². The Morgan fingerprint density at radius 3 is 2.38 bits per heavy atom. The molecule has 1 aromatic carbocycles. The Morgan fingerprint density at radius 1 is 1.46 bits per heavy atom. The third-order valence-electron chi connectivity index (χ3n) is 2.04. The Labute approximate surface area is 85.9 Å². The fourth-order valence-electron chi connectivity index (χ4n) is 1.01. The summed E-state index contributed by atoms with van der Waals surface area (Å²) in [6, 6.07) is 9.50. The van der Waals surface area contributed by atoms with E-state index in [0.29, 0.717) is 0 Å². The van der Waals surface area contributed by atoms with Crippen molar-refractivity contribution in [3.05, 3.63) is 34.3 Å². The molecule has 0 aliphatic carbocycles. The predicted octanol–water partition coefficient (Wildman–Crippen LogP) is 2.22. The minimum absolute atomic E-state index is 0.162. The first kappa shape index (κ1) is 10.2. The monoisotopic (exact) mass is 239 g/mol. The van der Waals surface area contributed by atoms with Crippen molar-refractivity contribution in [3.8, 4) is 6.07 Å². The lowest BCUT2D eigenvalue weighted by Gasteiger charge is -2.18. The number of nitrogens with zero attached hydrogens (tertiary/aromatic N) is 1. The van der Waals surface area contributed by atoms with Crippen LogP contribution in [-0.2, 0) is 5.41 Å². The zero-order chi connectivity index (χ0) is 9.90. The highest BCUT2D eigenvalue weighted by molar-refractivity contribution is 9.10. The summed E-state index contributed by atoms with van der Waals surface area (Å²) in [6.07, 6.45) is 0. The van der Waals surface area contributed by atoms with Gasteiger partial charge in [0, 0.05) is 4.47 Å². The molecule has 0 heterocycles. The van der Waals surface area contributed by atoms with E-state index in [1.54, 1.807) is 6.92 Å². The van der Waals surface area contributed by atoms with E-state index in [9.17, 15) is 0 Å². The SMILES string of the molecule is CC(C#N)(CO)c1ccc(Br)cc1. The van der Waals surface area contributed by atoms with Gasteiger partial charge in [0.15, 0.2) is 0 Å². The molecular formula is C10H10BrNO. The molecule has 0 saturated heterocycles. The van der Waals surface area contributed by atoms with Crippen LogP contribution in [0.4, 0.5) is 0 Å². The number of rotatable bonds is 2. The van der Waals surface area contributed by atoms with Gasteiger partial charge in [-0.05, 0) is 24.6 Å². The molecular weight excluding hydrogens is 230 g/mol. The van der Waals surface area contributed by atoms with Crippen LogP contribution in [0.3, 0.4) is 0 Å². The lowest BCUT2D eigenvalue weighted by atomic mass is 9.85. The topological polar surface area (TPSA) is 44.0 Å². The summed E-state index contributed by atoms with van der Waals surface area (Å²) in [6.45, 7) is 1.56. The summed E-state index contributed by atoms with van der Waals surface area (Å²) < 4.78 is 0.967. The summed E-state index contributed by atoms with van der Waals surface area (Å²) >= 11 is 3.31. The fourth-order valence-corrected chi connectivity index (χ4v) is 1.27. The van der Waals surface area contributed by atoms with Crippen molar-refractivity contribution < 1.29 is 5.11 Å². The van der Waals surface area contributed by atoms with Crippen molar-refractivity contribution >= 4 is 15.9 Å². The maximum absolute atomic E-state index is 9.07. The van der Waals surface area contributed by atoms with Gasteiger partial charge in [-0.15, -0.1) is 0 Å². The lowest BCUT2D eigenvalue weighted by Crippen LogP contribution is -2.24. The van der Waals surface area contributed by atoms with Crippen LogP contribution in [-0.4, -0.2) is 11.7 Å². The average Bonchev–Trinajstić information content (AvgIpc) is 2.18. The highest BCUT2D eigenvalue weighted by Crippen LogP contribution is 2.23.